The van der Waals surface area contributed by atoms with Crippen molar-refractivity contribution >= 4 is 17.6 Å². The van der Waals surface area contributed by atoms with Crippen LogP contribution in [0.3, 0.4) is 0 Å². The molecule has 1 aliphatic rings. The van der Waals surface area contributed by atoms with Crippen LogP contribution in [-0.2, 0) is 4.79 Å². The molecule has 3 amide bonds. The highest BCUT2D eigenvalue weighted by Gasteiger charge is 2.32. The minimum atomic E-state index is -0.372. The lowest BCUT2D eigenvalue weighted by Gasteiger charge is -2.25. The number of nitrogens with zero attached hydrogens (tertiary/aromatic N) is 2. The molecule has 0 aromatic heterocycles. The Kier molecular flexibility index (Phi) is 7.22. The first-order chi connectivity index (χ1) is 12.0. The minimum Gasteiger partial charge on any atom is -0.333 e. The number of benzene rings is 1. The summed E-state index contributed by atoms with van der Waals surface area (Å²) in [5, 5.41) is 2.97. The molecule has 1 aliphatic heterocycles. The second-order valence-electron chi connectivity index (χ2n) is 6.53. The molecular formula is C19H28FN3O2. The molecule has 5 nitrogen and oxygen atoms in total. The van der Waals surface area contributed by atoms with Gasteiger partial charge in [0.15, 0.2) is 0 Å². The normalized spacial score (nSPS) is 17.0. The van der Waals surface area contributed by atoms with Crippen LogP contribution in [0.5, 0.6) is 0 Å². The molecular weight excluding hydrogens is 321 g/mol. The molecule has 1 unspecified atom stereocenters. The van der Waals surface area contributed by atoms with Gasteiger partial charge >= 0.3 is 6.03 Å². The van der Waals surface area contributed by atoms with E-state index >= 15 is 0 Å². The van der Waals surface area contributed by atoms with Crippen LogP contribution in [0.2, 0.25) is 0 Å². The van der Waals surface area contributed by atoms with Gasteiger partial charge in [-0.25, -0.2) is 9.18 Å². The van der Waals surface area contributed by atoms with Crippen LogP contribution >= 0.6 is 0 Å². The lowest BCUT2D eigenvalue weighted by molar-refractivity contribution is -0.117. The molecule has 0 bridgehead atoms. The maximum absolute atomic E-state index is 13.4. The number of carbonyl (C=O) groups excluding carboxylic acids is 2. The van der Waals surface area contributed by atoms with Crippen LogP contribution < -0.4 is 10.2 Å². The highest BCUT2D eigenvalue weighted by Crippen LogP contribution is 2.22. The zero-order valence-corrected chi connectivity index (χ0v) is 15.1. The number of halogens is 1. The van der Waals surface area contributed by atoms with Gasteiger partial charge in [-0.3, -0.25) is 4.79 Å². The van der Waals surface area contributed by atoms with Crippen molar-refractivity contribution < 1.29 is 14.0 Å². The van der Waals surface area contributed by atoms with Crippen molar-refractivity contribution in [1.29, 1.82) is 0 Å². The number of unbranched alkanes of at least 4 members (excludes halogenated alkanes) is 2. The fraction of sp³-hybridized carbons (Fsp3) is 0.579. The van der Waals surface area contributed by atoms with E-state index < -0.39 is 0 Å². The van der Waals surface area contributed by atoms with E-state index in [0.717, 1.165) is 38.8 Å². The van der Waals surface area contributed by atoms with Gasteiger partial charge in [0.25, 0.3) is 0 Å². The van der Waals surface area contributed by atoms with Crippen molar-refractivity contribution in [3.8, 4) is 0 Å². The highest BCUT2D eigenvalue weighted by molar-refractivity contribution is 5.96. The van der Waals surface area contributed by atoms with E-state index in [-0.39, 0.29) is 30.2 Å². The predicted octanol–water partition coefficient (Wildman–Crippen LogP) is 3.54. The minimum absolute atomic E-state index is 0.0930. The largest absolute Gasteiger partial charge is 0.333 e. The van der Waals surface area contributed by atoms with Gasteiger partial charge in [-0.05, 0) is 31.0 Å². The molecule has 0 radical (unpaired) electrons. The SMILES string of the molecule is CCCCN(CCCC)C(=O)NC1CC(=O)N(c2cccc(F)c2)C1. The Morgan fingerprint density at radius 2 is 1.96 bits per heavy atom. The van der Waals surface area contributed by atoms with Crippen LogP contribution in [0.4, 0.5) is 14.9 Å². The number of rotatable bonds is 8. The number of urea groups is 1. The summed E-state index contributed by atoms with van der Waals surface area (Å²) in [6.45, 7) is 6.04. The van der Waals surface area contributed by atoms with Crippen LogP contribution in [0.15, 0.2) is 24.3 Å². The third-order valence-electron chi connectivity index (χ3n) is 4.42. The maximum Gasteiger partial charge on any atom is 0.317 e. The molecule has 1 aromatic rings. The number of anilines is 1. The third kappa shape index (κ3) is 5.44. The van der Waals surface area contributed by atoms with Gasteiger partial charge in [-0.15, -0.1) is 0 Å². The molecule has 1 heterocycles. The number of carbonyl (C=O) groups is 2. The van der Waals surface area contributed by atoms with E-state index in [1.54, 1.807) is 12.1 Å². The summed E-state index contributed by atoms with van der Waals surface area (Å²) < 4.78 is 13.4. The molecule has 2 rings (SSSR count). The summed E-state index contributed by atoms with van der Waals surface area (Å²) in [4.78, 5) is 28.1. The zero-order valence-electron chi connectivity index (χ0n) is 15.1. The standard InChI is InChI=1S/C19H28FN3O2/c1-3-5-10-22(11-6-4-2)19(25)21-16-13-18(24)23(14-16)17-9-7-8-15(20)12-17/h7-9,12,16H,3-6,10-11,13-14H2,1-2H3,(H,21,25). The van der Waals surface area contributed by atoms with Gasteiger partial charge in [0.2, 0.25) is 5.91 Å². The molecule has 1 saturated heterocycles. The number of hydrogen-bond acceptors (Lipinski definition) is 2. The summed E-state index contributed by atoms with van der Waals surface area (Å²) in [5.74, 6) is -0.465. The lowest BCUT2D eigenvalue weighted by Crippen LogP contribution is -2.46. The Labute approximate surface area is 149 Å². The van der Waals surface area contributed by atoms with Gasteiger partial charge < -0.3 is 15.1 Å². The van der Waals surface area contributed by atoms with Crippen molar-refractivity contribution in [1.82, 2.24) is 10.2 Å². The first kappa shape index (κ1) is 19.2. The maximum atomic E-state index is 13.4. The molecule has 0 spiro atoms. The van der Waals surface area contributed by atoms with E-state index in [9.17, 15) is 14.0 Å². The lowest BCUT2D eigenvalue weighted by atomic mass is 10.2. The second kappa shape index (κ2) is 9.39. The zero-order chi connectivity index (χ0) is 18.2. The van der Waals surface area contributed by atoms with Crippen LogP contribution in [0, 0.1) is 5.82 Å². The Bertz CT molecular complexity index is 586. The van der Waals surface area contributed by atoms with Crippen LogP contribution in [-0.4, -0.2) is 42.5 Å². The molecule has 0 aliphatic carbocycles. The van der Waals surface area contributed by atoms with E-state index in [2.05, 4.69) is 19.2 Å². The Morgan fingerprint density at radius 1 is 1.28 bits per heavy atom. The van der Waals surface area contributed by atoms with Gasteiger partial charge in [0, 0.05) is 31.7 Å². The van der Waals surface area contributed by atoms with Gasteiger partial charge in [0.05, 0.1) is 6.04 Å². The van der Waals surface area contributed by atoms with Crippen LogP contribution in [0.1, 0.15) is 46.0 Å². The molecule has 6 heteroatoms. The number of nitrogens with one attached hydrogen (secondary N) is 1. The fourth-order valence-corrected chi connectivity index (χ4v) is 2.98. The van der Waals surface area contributed by atoms with Crippen molar-refractivity contribution in [2.24, 2.45) is 0 Å². The second-order valence-corrected chi connectivity index (χ2v) is 6.53. The summed E-state index contributed by atoms with van der Waals surface area (Å²) in [6, 6.07) is 5.63. The summed E-state index contributed by atoms with van der Waals surface area (Å²) in [7, 11) is 0. The summed E-state index contributed by atoms with van der Waals surface area (Å²) >= 11 is 0. The molecule has 138 valence electrons. The van der Waals surface area contributed by atoms with Crippen molar-refractivity contribution in [3.05, 3.63) is 30.1 Å². The third-order valence-corrected chi connectivity index (χ3v) is 4.42. The number of amides is 3. The molecule has 1 aromatic carbocycles. The molecule has 1 fully saturated rings. The Balaban J connectivity index is 1.95. The van der Waals surface area contributed by atoms with E-state index in [4.69, 9.17) is 0 Å². The van der Waals surface area contributed by atoms with Gasteiger partial charge in [-0.2, -0.15) is 0 Å². The van der Waals surface area contributed by atoms with E-state index in [0.29, 0.717) is 12.2 Å². The summed E-state index contributed by atoms with van der Waals surface area (Å²) in [5.41, 5.74) is 0.538. The van der Waals surface area contributed by atoms with E-state index in [1.165, 1.54) is 17.0 Å². The molecule has 1 atom stereocenters. The average molecular weight is 349 g/mol. The smallest absolute Gasteiger partial charge is 0.317 e. The summed E-state index contributed by atoms with van der Waals surface area (Å²) in [6.07, 6.45) is 4.25. The fourth-order valence-electron chi connectivity index (χ4n) is 2.98. The molecule has 1 N–H and O–H groups in total. The first-order valence-electron chi connectivity index (χ1n) is 9.16. The Hall–Kier alpha value is -2.11. The Morgan fingerprint density at radius 3 is 2.56 bits per heavy atom. The van der Waals surface area contributed by atoms with Crippen molar-refractivity contribution in [3.63, 3.8) is 0 Å². The van der Waals surface area contributed by atoms with Crippen molar-refractivity contribution in [2.75, 3.05) is 24.5 Å². The predicted molar refractivity (Wildman–Crippen MR) is 97.1 cm³/mol. The average Bonchev–Trinajstić information content (AvgIpc) is 2.95. The quantitative estimate of drug-likeness (QED) is 0.780. The molecule has 0 saturated carbocycles. The van der Waals surface area contributed by atoms with Crippen molar-refractivity contribution in [2.45, 2.75) is 52.0 Å². The van der Waals surface area contributed by atoms with Gasteiger partial charge in [0.1, 0.15) is 5.82 Å². The molecule has 25 heavy (non-hydrogen) atoms. The number of hydrogen-bond donors (Lipinski definition) is 1. The first-order valence-corrected chi connectivity index (χ1v) is 9.16. The topological polar surface area (TPSA) is 52.7 Å². The highest BCUT2D eigenvalue weighted by atomic mass is 19.1. The van der Waals surface area contributed by atoms with Crippen LogP contribution in [0.25, 0.3) is 0 Å². The van der Waals surface area contributed by atoms with Gasteiger partial charge in [-0.1, -0.05) is 32.8 Å². The van der Waals surface area contributed by atoms with E-state index in [1.807, 2.05) is 4.90 Å². The monoisotopic (exact) mass is 349 g/mol.